The van der Waals surface area contributed by atoms with Gasteiger partial charge in [-0.3, -0.25) is 9.59 Å². The van der Waals surface area contributed by atoms with Crippen molar-refractivity contribution in [2.45, 2.75) is 32.6 Å². The zero-order valence-electron chi connectivity index (χ0n) is 13.8. The molecule has 1 heterocycles. The first-order valence-electron chi connectivity index (χ1n) is 8.13. The van der Waals surface area contributed by atoms with Crippen molar-refractivity contribution in [3.05, 3.63) is 29.8 Å². The highest BCUT2D eigenvalue weighted by Gasteiger charge is 2.28. The van der Waals surface area contributed by atoms with Crippen LogP contribution in [-0.4, -0.2) is 42.1 Å². The maximum absolute atomic E-state index is 12.4. The molecule has 0 spiro atoms. The Morgan fingerprint density at radius 2 is 2.13 bits per heavy atom. The van der Waals surface area contributed by atoms with E-state index in [1.54, 1.807) is 12.0 Å². The standard InChI is InChI=1S/C18H25NO4/c1-13(10-14-6-3-4-8-16(14)23-2)11-17(20)19-9-5-7-15(12-19)18(21)22/h3-4,6,8,13,15H,5,7,9-12H2,1-2H3,(H,21,22)/t13-,15-/m1/s1. The SMILES string of the molecule is COc1ccccc1C[C@@H](C)CC(=O)N1CCC[C@@H](C(=O)O)C1. The average molecular weight is 319 g/mol. The van der Waals surface area contributed by atoms with Crippen molar-refractivity contribution >= 4 is 11.9 Å². The molecule has 2 rings (SSSR count). The predicted octanol–water partition coefficient (Wildman–Crippen LogP) is 2.59. The number of piperidine rings is 1. The quantitative estimate of drug-likeness (QED) is 0.875. The number of hydrogen-bond acceptors (Lipinski definition) is 3. The van der Waals surface area contributed by atoms with Crippen molar-refractivity contribution in [2.75, 3.05) is 20.2 Å². The van der Waals surface area contributed by atoms with E-state index >= 15 is 0 Å². The van der Waals surface area contributed by atoms with Gasteiger partial charge in [0.1, 0.15) is 5.75 Å². The van der Waals surface area contributed by atoms with Crippen LogP contribution >= 0.6 is 0 Å². The normalized spacial score (nSPS) is 19.2. The van der Waals surface area contributed by atoms with E-state index < -0.39 is 11.9 Å². The van der Waals surface area contributed by atoms with Gasteiger partial charge in [0.05, 0.1) is 13.0 Å². The van der Waals surface area contributed by atoms with Gasteiger partial charge in [-0.15, -0.1) is 0 Å². The smallest absolute Gasteiger partial charge is 0.308 e. The number of aliphatic carboxylic acids is 1. The summed E-state index contributed by atoms with van der Waals surface area (Å²) in [6, 6.07) is 7.83. The molecule has 1 aromatic carbocycles. The Labute approximate surface area is 137 Å². The van der Waals surface area contributed by atoms with Gasteiger partial charge in [-0.05, 0) is 36.8 Å². The molecule has 1 saturated heterocycles. The number of rotatable bonds is 6. The van der Waals surface area contributed by atoms with Gasteiger partial charge in [-0.1, -0.05) is 25.1 Å². The van der Waals surface area contributed by atoms with E-state index in [4.69, 9.17) is 9.84 Å². The predicted molar refractivity (Wildman–Crippen MR) is 87.4 cm³/mol. The number of carboxylic acid groups (broad SMARTS) is 1. The minimum absolute atomic E-state index is 0.0540. The third-order valence-corrected chi connectivity index (χ3v) is 4.41. The third kappa shape index (κ3) is 4.71. The fourth-order valence-electron chi connectivity index (χ4n) is 3.15. The number of benzene rings is 1. The average Bonchev–Trinajstić information content (AvgIpc) is 2.55. The number of ether oxygens (including phenoxy) is 1. The van der Waals surface area contributed by atoms with E-state index in [0.29, 0.717) is 25.9 Å². The molecule has 0 bridgehead atoms. The first kappa shape index (κ1) is 17.3. The number of amides is 1. The van der Waals surface area contributed by atoms with E-state index in [0.717, 1.165) is 24.2 Å². The molecule has 2 atom stereocenters. The zero-order chi connectivity index (χ0) is 16.8. The number of likely N-dealkylation sites (tertiary alicyclic amines) is 1. The minimum atomic E-state index is -0.801. The van der Waals surface area contributed by atoms with Crippen LogP contribution in [0.5, 0.6) is 5.75 Å². The molecule has 0 unspecified atom stereocenters. The summed E-state index contributed by atoms with van der Waals surface area (Å²) in [5, 5.41) is 9.12. The minimum Gasteiger partial charge on any atom is -0.496 e. The van der Waals surface area contributed by atoms with Gasteiger partial charge in [0.15, 0.2) is 0 Å². The van der Waals surface area contributed by atoms with Crippen LogP contribution in [0.15, 0.2) is 24.3 Å². The number of carbonyl (C=O) groups is 2. The van der Waals surface area contributed by atoms with Crippen molar-refractivity contribution in [1.29, 1.82) is 0 Å². The van der Waals surface area contributed by atoms with E-state index in [1.165, 1.54) is 0 Å². The monoisotopic (exact) mass is 319 g/mol. The number of carbonyl (C=O) groups excluding carboxylic acids is 1. The summed E-state index contributed by atoms with van der Waals surface area (Å²) in [7, 11) is 1.65. The van der Waals surface area contributed by atoms with E-state index in [2.05, 4.69) is 0 Å². The number of carboxylic acids is 1. The second-order valence-electron chi connectivity index (χ2n) is 6.34. The topological polar surface area (TPSA) is 66.8 Å². The van der Waals surface area contributed by atoms with Gasteiger partial charge in [0, 0.05) is 19.5 Å². The molecule has 0 aromatic heterocycles. The second kappa shape index (κ2) is 7.99. The van der Waals surface area contributed by atoms with Crippen molar-refractivity contribution in [1.82, 2.24) is 4.90 Å². The third-order valence-electron chi connectivity index (χ3n) is 4.41. The summed E-state index contributed by atoms with van der Waals surface area (Å²) >= 11 is 0. The van der Waals surface area contributed by atoms with Crippen molar-refractivity contribution in [2.24, 2.45) is 11.8 Å². The molecule has 1 N–H and O–H groups in total. The van der Waals surface area contributed by atoms with Crippen LogP contribution in [0.2, 0.25) is 0 Å². The molecule has 5 heteroatoms. The lowest BCUT2D eigenvalue weighted by molar-refractivity contribution is -0.145. The molecule has 0 saturated carbocycles. The molecule has 1 aromatic rings. The van der Waals surface area contributed by atoms with E-state index in [-0.39, 0.29) is 11.8 Å². The Bertz CT molecular complexity index is 558. The van der Waals surface area contributed by atoms with Gasteiger partial charge in [0.2, 0.25) is 5.91 Å². The lowest BCUT2D eigenvalue weighted by Gasteiger charge is -2.31. The zero-order valence-corrected chi connectivity index (χ0v) is 13.8. The van der Waals surface area contributed by atoms with Gasteiger partial charge >= 0.3 is 5.97 Å². The largest absolute Gasteiger partial charge is 0.496 e. The second-order valence-corrected chi connectivity index (χ2v) is 6.34. The van der Waals surface area contributed by atoms with Crippen LogP contribution < -0.4 is 4.74 Å². The Morgan fingerprint density at radius 1 is 1.39 bits per heavy atom. The number of nitrogens with zero attached hydrogens (tertiary/aromatic N) is 1. The maximum atomic E-state index is 12.4. The molecule has 1 amide bonds. The van der Waals surface area contributed by atoms with Crippen LogP contribution in [0.4, 0.5) is 0 Å². The summed E-state index contributed by atoms with van der Waals surface area (Å²) in [4.78, 5) is 25.2. The van der Waals surface area contributed by atoms with Crippen LogP contribution in [0.25, 0.3) is 0 Å². The molecule has 0 aliphatic carbocycles. The Morgan fingerprint density at radius 3 is 2.83 bits per heavy atom. The fourth-order valence-corrected chi connectivity index (χ4v) is 3.15. The first-order chi connectivity index (χ1) is 11.0. The van der Waals surface area contributed by atoms with Gasteiger partial charge in [-0.2, -0.15) is 0 Å². The van der Waals surface area contributed by atoms with E-state index in [1.807, 2.05) is 31.2 Å². The van der Waals surface area contributed by atoms with E-state index in [9.17, 15) is 9.59 Å². The highest BCUT2D eigenvalue weighted by atomic mass is 16.5. The van der Waals surface area contributed by atoms with Gasteiger partial charge < -0.3 is 14.7 Å². The molecule has 23 heavy (non-hydrogen) atoms. The maximum Gasteiger partial charge on any atom is 0.308 e. The van der Waals surface area contributed by atoms with Crippen LogP contribution in [0, 0.1) is 11.8 Å². The number of para-hydroxylation sites is 1. The molecule has 1 fully saturated rings. The molecule has 5 nitrogen and oxygen atoms in total. The van der Waals surface area contributed by atoms with Crippen molar-refractivity contribution in [3.63, 3.8) is 0 Å². The molecule has 0 radical (unpaired) electrons. The van der Waals surface area contributed by atoms with Crippen LogP contribution in [-0.2, 0) is 16.0 Å². The van der Waals surface area contributed by atoms with Crippen LogP contribution in [0.3, 0.4) is 0 Å². The first-order valence-corrected chi connectivity index (χ1v) is 8.13. The summed E-state index contributed by atoms with van der Waals surface area (Å²) in [6.07, 6.45) is 2.63. The molecular weight excluding hydrogens is 294 g/mol. The summed E-state index contributed by atoms with van der Waals surface area (Å²) < 4.78 is 5.35. The lowest BCUT2D eigenvalue weighted by Crippen LogP contribution is -2.42. The highest BCUT2D eigenvalue weighted by molar-refractivity contribution is 5.78. The molecule has 1 aliphatic rings. The fraction of sp³-hybridized carbons (Fsp3) is 0.556. The van der Waals surface area contributed by atoms with Gasteiger partial charge in [0.25, 0.3) is 0 Å². The van der Waals surface area contributed by atoms with Gasteiger partial charge in [-0.25, -0.2) is 0 Å². The summed E-state index contributed by atoms with van der Waals surface area (Å²) in [6.45, 7) is 3.06. The van der Waals surface area contributed by atoms with Crippen molar-refractivity contribution in [3.8, 4) is 5.75 Å². The van der Waals surface area contributed by atoms with Crippen molar-refractivity contribution < 1.29 is 19.4 Å². The lowest BCUT2D eigenvalue weighted by atomic mass is 9.94. The molecule has 1 aliphatic heterocycles. The Hall–Kier alpha value is -2.04. The Kier molecular flexibility index (Phi) is 6.02. The Balaban J connectivity index is 1.90. The summed E-state index contributed by atoms with van der Waals surface area (Å²) in [5.41, 5.74) is 1.09. The summed E-state index contributed by atoms with van der Waals surface area (Å²) in [5.74, 6) is -0.139. The molecule has 126 valence electrons. The number of methoxy groups -OCH3 is 1. The number of hydrogen-bond donors (Lipinski definition) is 1. The van der Waals surface area contributed by atoms with Crippen LogP contribution in [0.1, 0.15) is 31.7 Å². The highest BCUT2D eigenvalue weighted by Crippen LogP contribution is 2.23. The molecular formula is C18H25NO4.